The van der Waals surface area contributed by atoms with Crippen LogP contribution in [0, 0.1) is 6.92 Å². The molecule has 0 radical (unpaired) electrons. The minimum atomic E-state index is -1.01. The van der Waals surface area contributed by atoms with Crippen LogP contribution in [-0.2, 0) is 15.7 Å². The van der Waals surface area contributed by atoms with Gasteiger partial charge < -0.3 is 4.74 Å². The summed E-state index contributed by atoms with van der Waals surface area (Å²) in [4.78, 5) is 0. The Bertz CT molecular complexity index is 467. The predicted octanol–water partition coefficient (Wildman–Crippen LogP) is 2.83. The number of rotatable bonds is 2. The Kier molecular flexibility index (Phi) is 4.43. The zero-order valence-corrected chi connectivity index (χ0v) is 13.0. The Morgan fingerprint density at radius 2 is 2.00 bits per heavy atom. The first kappa shape index (κ1) is 14.7. The molecule has 3 nitrogen and oxygen atoms in total. The van der Waals surface area contributed by atoms with Gasteiger partial charge >= 0.3 is 0 Å². The van der Waals surface area contributed by atoms with Gasteiger partial charge in [-0.2, -0.15) is 0 Å². The minimum Gasteiger partial charge on any atom is -0.378 e. The molecule has 1 fully saturated rings. The molecule has 1 aliphatic rings. The fourth-order valence-electron chi connectivity index (χ4n) is 2.34. The average molecular weight is 281 g/mol. The molecule has 4 heteroatoms. The van der Waals surface area contributed by atoms with E-state index < -0.39 is 11.0 Å². The van der Waals surface area contributed by atoms with Crippen molar-refractivity contribution in [2.24, 2.45) is 0 Å². The van der Waals surface area contributed by atoms with Gasteiger partial charge in [0, 0.05) is 6.54 Å². The van der Waals surface area contributed by atoms with Gasteiger partial charge in [-0.1, -0.05) is 24.3 Å². The third kappa shape index (κ3) is 3.25. The molecule has 2 atom stereocenters. The number of ether oxygens (including phenoxy) is 1. The zero-order chi connectivity index (χ0) is 14.0. The Morgan fingerprint density at radius 3 is 2.63 bits per heavy atom. The maximum absolute atomic E-state index is 12.7. The van der Waals surface area contributed by atoms with Crippen LogP contribution in [0.3, 0.4) is 0 Å². The summed E-state index contributed by atoms with van der Waals surface area (Å²) < 4.78 is 20.2. The molecule has 1 aromatic carbocycles. The second-order valence-corrected chi connectivity index (χ2v) is 8.14. The number of hydrogen-bond acceptors (Lipinski definition) is 2. The van der Waals surface area contributed by atoms with Crippen molar-refractivity contribution in [3.05, 3.63) is 35.4 Å². The van der Waals surface area contributed by atoms with E-state index in [9.17, 15) is 4.21 Å². The van der Waals surface area contributed by atoms with E-state index in [1.807, 2.05) is 32.9 Å². The SMILES string of the molecule is Cc1ccccc1[C@@H]1COCCN1[S@](=O)C(C)(C)C. The summed E-state index contributed by atoms with van der Waals surface area (Å²) in [6, 6.07) is 8.38. The lowest BCUT2D eigenvalue weighted by Gasteiger charge is -2.38. The lowest BCUT2D eigenvalue weighted by atomic mass is 10.0. The number of hydrogen-bond donors (Lipinski definition) is 0. The molecule has 106 valence electrons. The first-order valence-corrected chi connectivity index (χ1v) is 7.84. The molecule has 1 aliphatic heterocycles. The van der Waals surface area contributed by atoms with Crippen LogP contribution < -0.4 is 0 Å². The lowest BCUT2D eigenvalue weighted by Crippen LogP contribution is -2.46. The smallest absolute Gasteiger partial charge is 0.100 e. The van der Waals surface area contributed by atoms with Gasteiger partial charge in [-0.05, 0) is 38.8 Å². The first-order chi connectivity index (χ1) is 8.91. The van der Waals surface area contributed by atoms with Crippen LogP contribution in [0.15, 0.2) is 24.3 Å². The van der Waals surface area contributed by atoms with Gasteiger partial charge in [-0.25, -0.2) is 8.51 Å². The number of morpholine rings is 1. The molecule has 1 heterocycles. The molecular weight excluding hydrogens is 258 g/mol. The summed E-state index contributed by atoms with van der Waals surface area (Å²) in [7, 11) is -1.01. The molecule has 0 aliphatic carbocycles. The summed E-state index contributed by atoms with van der Waals surface area (Å²) >= 11 is 0. The summed E-state index contributed by atoms with van der Waals surface area (Å²) in [5.74, 6) is 0. The largest absolute Gasteiger partial charge is 0.378 e. The second-order valence-electron chi connectivity index (χ2n) is 5.95. The van der Waals surface area contributed by atoms with E-state index in [1.54, 1.807) is 0 Å². The van der Waals surface area contributed by atoms with Gasteiger partial charge in [0.05, 0.1) is 24.0 Å². The maximum Gasteiger partial charge on any atom is 0.100 e. The first-order valence-electron chi connectivity index (χ1n) is 6.73. The van der Waals surface area contributed by atoms with Crippen molar-refractivity contribution in [3.63, 3.8) is 0 Å². The van der Waals surface area contributed by atoms with Crippen LogP contribution in [0.4, 0.5) is 0 Å². The molecule has 19 heavy (non-hydrogen) atoms. The van der Waals surface area contributed by atoms with Gasteiger partial charge in [0.15, 0.2) is 0 Å². The highest BCUT2D eigenvalue weighted by atomic mass is 32.2. The molecule has 0 unspecified atom stereocenters. The highest BCUT2D eigenvalue weighted by Gasteiger charge is 2.34. The van der Waals surface area contributed by atoms with E-state index in [0.717, 1.165) is 6.54 Å². The molecule has 2 rings (SSSR count). The van der Waals surface area contributed by atoms with E-state index in [0.29, 0.717) is 13.2 Å². The van der Waals surface area contributed by atoms with Crippen molar-refractivity contribution in [3.8, 4) is 0 Å². The van der Waals surface area contributed by atoms with Crippen LogP contribution in [0.25, 0.3) is 0 Å². The maximum atomic E-state index is 12.7. The van der Waals surface area contributed by atoms with Crippen LogP contribution in [0.5, 0.6) is 0 Å². The van der Waals surface area contributed by atoms with Crippen LogP contribution in [-0.4, -0.2) is 33.0 Å². The van der Waals surface area contributed by atoms with Gasteiger partial charge in [0.2, 0.25) is 0 Å². The van der Waals surface area contributed by atoms with Gasteiger partial charge in [0.25, 0.3) is 0 Å². The summed E-state index contributed by atoms with van der Waals surface area (Å²) in [6.45, 7) is 10.2. The normalized spacial score (nSPS) is 23.3. The fourth-order valence-corrected chi connectivity index (χ4v) is 3.69. The molecule has 0 bridgehead atoms. The lowest BCUT2D eigenvalue weighted by molar-refractivity contribution is 0.0335. The van der Waals surface area contributed by atoms with Crippen LogP contribution in [0.2, 0.25) is 0 Å². The quantitative estimate of drug-likeness (QED) is 0.834. The van der Waals surface area contributed by atoms with Gasteiger partial charge in [-0.15, -0.1) is 0 Å². The van der Waals surface area contributed by atoms with E-state index in [1.165, 1.54) is 11.1 Å². The van der Waals surface area contributed by atoms with E-state index >= 15 is 0 Å². The van der Waals surface area contributed by atoms with E-state index in [2.05, 4.69) is 23.4 Å². The van der Waals surface area contributed by atoms with Gasteiger partial charge in [0.1, 0.15) is 11.0 Å². The molecule has 0 amide bonds. The monoisotopic (exact) mass is 281 g/mol. The van der Waals surface area contributed by atoms with Crippen molar-refractivity contribution in [1.82, 2.24) is 4.31 Å². The van der Waals surface area contributed by atoms with Crippen molar-refractivity contribution < 1.29 is 8.95 Å². The molecule has 0 N–H and O–H groups in total. The summed E-state index contributed by atoms with van der Waals surface area (Å²) in [5.41, 5.74) is 2.45. The zero-order valence-electron chi connectivity index (χ0n) is 12.2. The second kappa shape index (κ2) is 5.73. The molecular formula is C15H23NO2S. The molecule has 1 saturated heterocycles. The third-order valence-electron chi connectivity index (χ3n) is 3.36. The highest BCUT2D eigenvalue weighted by Crippen LogP contribution is 2.31. The van der Waals surface area contributed by atoms with E-state index in [4.69, 9.17) is 4.74 Å². The number of aryl methyl sites for hydroxylation is 1. The Morgan fingerprint density at radius 1 is 1.32 bits per heavy atom. The minimum absolute atomic E-state index is 0.0926. The highest BCUT2D eigenvalue weighted by molar-refractivity contribution is 7.84. The van der Waals surface area contributed by atoms with Crippen LogP contribution >= 0.6 is 0 Å². The molecule has 1 aromatic rings. The summed E-state index contributed by atoms with van der Waals surface area (Å²) in [6.07, 6.45) is 0. The Hall–Kier alpha value is -0.710. The third-order valence-corrected chi connectivity index (χ3v) is 5.27. The van der Waals surface area contributed by atoms with Crippen molar-refractivity contribution >= 4 is 11.0 Å². The Balaban J connectivity index is 2.32. The van der Waals surface area contributed by atoms with Gasteiger partial charge in [-0.3, -0.25) is 0 Å². The topological polar surface area (TPSA) is 29.5 Å². The van der Waals surface area contributed by atoms with Crippen molar-refractivity contribution in [2.75, 3.05) is 19.8 Å². The van der Waals surface area contributed by atoms with E-state index in [-0.39, 0.29) is 10.8 Å². The molecule has 0 aromatic heterocycles. The number of benzene rings is 1. The van der Waals surface area contributed by atoms with Crippen molar-refractivity contribution in [2.45, 2.75) is 38.5 Å². The van der Waals surface area contributed by atoms with Crippen molar-refractivity contribution in [1.29, 1.82) is 0 Å². The predicted molar refractivity (Wildman–Crippen MR) is 79.3 cm³/mol. The Labute approximate surface area is 118 Å². The number of nitrogens with zero attached hydrogens (tertiary/aromatic N) is 1. The van der Waals surface area contributed by atoms with Crippen LogP contribution in [0.1, 0.15) is 37.9 Å². The average Bonchev–Trinajstić information content (AvgIpc) is 2.37. The summed E-state index contributed by atoms with van der Waals surface area (Å²) in [5, 5.41) is 0. The molecule has 0 spiro atoms. The molecule has 0 saturated carbocycles. The fraction of sp³-hybridized carbons (Fsp3) is 0.600. The standard InChI is InChI=1S/C15H23NO2S/c1-12-7-5-6-8-13(12)14-11-18-10-9-16(14)19(17)15(2,3)4/h5-8,14H,9-11H2,1-4H3/t14-,19+/m0/s1.